The highest BCUT2D eigenvalue weighted by Gasteiger charge is 2.41. The molecule has 5 aromatic carbocycles. The smallest absolute Gasteiger partial charge is 0.160 e. The van der Waals surface area contributed by atoms with Gasteiger partial charge in [-0.05, 0) is 41.5 Å². The first-order valence-corrected chi connectivity index (χ1v) is 14.4. The van der Waals surface area contributed by atoms with Gasteiger partial charge in [0, 0.05) is 44.4 Å². The normalized spacial score (nSPS) is 13.2. The van der Waals surface area contributed by atoms with Crippen LogP contribution in [0.4, 0.5) is 0 Å². The Bertz CT molecular complexity index is 2030. The molecule has 0 unspecified atom stereocenters. The largest absolute Gasteiger partial charge is 0.312 e. The van der Waals surface area contributed by atoms with E-state index in [0.717, 1.165) is 33.9 Å². The van der Waals surface area contributed by atoms with E-state index in [1.54, 1.807) is 0 Å². The summed E-state index contributed by atoms with van der Waals surface area (Å²) in [7, 11) is 0. The van der Waals surface area contributed by atoms with Crippen molar-refractivity contribution in [3.05, 3.63) is 151 Å². The van der Waals surface area contributed by atoms with Gasteiger partial charge in [-0.1, -0.05) is 123 Å². The van der Waals surface area contributed by atoms with Crippen LogP contribution in [0.5, 0.6) is 0 Å². The lowest BCUT2D eigenvalue weighted by Gasteiger charge is -2.25. The Balaban J connectivity index is 1.34. The lowest BCUT2D eigenvalue weighted by molar-refractivity contribution is 0.624. The molecule has 0 spiro atoms. The molecule has 0 saturated carbocycles. The molecule has 1 aliphatic carbocycles. The van der Waals surface area contributed by atoms with Crippen molar-refractivity contribution in [1.82, 2.24) is 14.5 Å². The minimum Gasteiger partial charge on any atom is -0.312 e. The molecule has 3 heteroatoms. The summed E-state index contributed by atoms with van der Waals surface area (Å²) in [5.74, 6) is 0.733. The zero-order chi connectivity index (χ0) is 28.3. The van der Waals surface area contributed by atoms with E-state index in [1.165, 1.54) is 39.0 Å². The Labute approximate surface area is 245 Å². The second kappa shape index (κ2) is 9.39. The van der Waals surface area contributed by atoms with E-state index in [-0.39, 0.29) is 5.41 Å². The van der Waals surface area contributed by atoms with Crippen molar-refractivity contribution in [1.29, 1.82) is 0 Å². The maximum absolute atomic E-state index is 5.11. The Hall–Kier alpha value is -5.28. The summed E-state index contributed by atoms with van der Waals surface area (Å²) >= 11 is 0. The summed E-state index contributed by atoms with van der Waals surface area (Å²) in [6, 6.07) is 49.1. The van der Waals surface area contributed by atoms with E-state index in [4.69, 9.17) is 9.97 Å². The molecule has 3 nitrogen and oxygen atoms in total. The number of benzene rings is 5. The lowest BCUT2D eigenvalue weighted by Crippen LogP contribution is -2.20. The maximum Gasteiger partial charge on any atom is 0.160 e. The van der Waals surface area contributed by atoms with Crippen molar-refractivity contribution in [2.24, 2.45) is 0 Å². The summed E-state index contributed by atoms with van der Waals surface area (Å²) < 4.78 is 2.45. The number of para-hydroxylation sites is 2. The van der Waals surface area contributed by atoms with E-state index in [0.29, 0.717) is 0 Å². The molecule has 0 amide bonds. The number of rotatable bonds is 4. The number of fused-ring (bicyclic) bond motifs is 5. The van der Waals surface area contributed by atoms with E-state index >= 15 is 0 Å². The fourth-order valence-electron chi connectivity index (χ4n) is 6.58. The lowest BCUT2D eigenvalue weighted by atomic mass is 9.84. The zero-order valence-electron chi connectivity index (χ0n) is 23.6. The van der Waals surface area contributed by atoms with Crippen LogP contribution < -0.4 is 0 Å². The third-order valence-electron chi connectivity index (χ3n) is 8.57. The number of hydrogen-bond acceptors (Lipinski definition) is 2. The van der Waals surface area contributed by atoms with Crippen molar-refractivity contribution < 1.29 is 0 Å². The molecule has 0 atom stereocenters. The van der Waals surface area contributed by atoms with Crippen LogP contribution in [0.25, 0.3) is 61.6 Å². The molecule has 0 saturated heterocycles. The topological polar surface area (TPSA) is 30.7 Å². The first-order chi connectivity index (χ1) is 20.6. The highest BCUT2D eigenvalue weighted by Crippen LogP contribution is 2.54. The van der Waals surface area contributed by atoms with Gasteiger partial charge in [-0.15, -0.1) is 0 Å². The summed E-state index contributed by atoms with van der Waals surface area (Å²) in [5, 5.41) is 1.29. The molecule has 1 aliphatic rings. The molecule has 0 aliphatic heterocycles. The minimum absolute atomic E-state index is 0.215. The SMILES string of the molecule is CC1(C)c2cc(-c3cc(-c4ccccc4)nc(-c4ccccc4)n3)ccc2-c2c1n(-c1ccccc1)c1ccccc21. The van der Waals surface area contributed by atoms with Crippen molar-refractivity contribution >= 4 is 10.9 Å². The molecule has 2 heterocycles. The van der Waals surface area contributed by atoms with Crippen LogP contribution in [0, 0.1) is 0 Å². The second-order valence-electron chi connectivity index (χ2n) is 11.5. The molecular formula is C39H29N3. The Morgan fingerprint density at radius 3 is 1.86 bits per heavy atom. The minimum atomic E-state index is -0.215. The van der Waals surface area contributed by atoms with E-state index in [2.05, 4.69) is 134 Å². The highest BCUT2D eigenvalue weighted by molar-refractivity contribution is 6.04. The van der Waals surface area contributed by atoms with Gasteiger partial charge in [-0.3, -0.25) is 0 Å². The van der Waals surface area contributed by atoms with Gasteiger partial charge in [0.25, 0.3) is 0 Å². The first kappa shape index (κ1) is 24.5. The summed E-state index contributed by atoms with van der Waals surface area (Å²) in [6.45, 7) is 4.70. The molecular weight excluding hydrogens is 510 g/mol. The molecule has 200 valence electrons. The average molecular weight is 540 g/mol. The Morgan fingerprint density at radius 2 is 1.14 bits per heavy atom. The van der Waals surface area contributed by atoms with Crippen molar-refractivity contribution in [2.75, 3.05) is 0 Å². The summed E-state index contributed by atoms with van der Waals surface area (Å²) in [5.41, 5.74) is 12.5. The molecule has 0 bridgehead atoms. The number of aromatic nitrogens is 3. The molecule has 2 aromatic heterocycles. The molecule has 0 radical (unpaired) electrons. The predicted molar refractivity (Wildman–Crippen MR) is 173 cm³/mol. The fourth-order valence-corrected chi connectivity index (χ4v) is 6.58. The molecule has 0 fully saturated rings. The van der Waals surface area contributed by atoms with Gasteiger partial charge >= 0.3 is 0 Å². The number of nitrogens with zero attached hydrogens (tertiary/aromatic N) is 3. The second-order valence-corrected chi connectivity index (χ2v) is 11.5. The summed E-state index contributed by atoms with van der Waals surface area (Å²) in [4.78, 5) is 10.1. The Morgan fingerprint density at radius 1 is 0.548 bits per heavy atom. The van der Waals surface area contributed by atoms with E-state index in [9.17, 15) is 0 Å². The average Bonchev–Trinajstić information content (AvgIpc) is 3.52. The van der Waals surface area contributed by atoms with Crippen molar-refractivity contribution in [3.63, 3.8) is 0 Å². The standard InChI is InChI=1S/C39H29N3/c1-39(2)32-24-28(34-25-33(26-14-6-3-7-15-26)40-38(41-34)27-16-8-4-9-17-27)22-23-30(32)36-31-20-12-13-21-35(31)42(37(36)39)29-18-10-5-11-19-29/h3-25H,1-2H3. The van der Waals surface area contributed by atoms with Gasteiger partial charge < -0.3 is 4.57 Å². The van der Waals surface area contributed by atoms with Crippen LogP contribution in [0.3, 0.4) is 0 Å². The van der Waals surface area contributed by atoms with Crippen LogP contribution in [-0.2, 0) is 5.41 Å². The third-order valence-corrected chi connectivity index (χ3v) is 8.57. The first-order valence-electron chi connectivity index (χ1n) is 14.4. The van der Waals surface area contributed by atoms with Gasteiger partial charge in [0.1, 0.15) is 0 Å². The molecule has 42 heavy (non-hydrogen) atoms. The predicted octanol–water partition coefficient (Wildman–Crippen LogP) is 9.73. The molecule has 7 aromatic rings. The van der Waals surface area contributed by atoms with Gasteiger partial charge in [0.2, 0.25) is 0 Å². The maximum atomic E-state index is 5.11. The highest BCUT2D eigenvalue weighted by atomic mass is 15.0. The van der Waals surface area contributed by atoms with Crippen molar-refractivity contribution in [2.45, 2.75) is 19.3 Å². The van der Waals surface area contributed by atoms with Crippen LogP contribution in [-0.4, -0.2) is 14.5 Å². The van der Waals surface area contributed by atoms with E-state index < -0.39 is 0 Å². The van der Waals surface area contributed by atoms with E-state index in [1.807, 2.05) is 24.3 Å². The molecule has 8 rings (SSSR count). The quantitative estimate of drug-likeness (QED) is 0.223. The van der Waals surface area contributed by atoms with Crippen LogP contribution >= 0.6 is 0 Å². The van der Waals surface area contributed by atoms with Gasteiger partial charge in [0.15, 0.2) is 5.82 Å². The van der Waals surface area contributed by atoms with Gasteiger partial charge in [-0.25, -0.2) is 9.97 Å². The Kier molecular flexibility index (Phi) is 5.48. The fraction of sp³-hybridized carbons (Fsp3) is 0.0769. The van der Waals surface area contributed by atoms with Crippen LogP contribution in [0.15, 0.2) is 140 Å². The molecule has 0 N–H and O–H groups in total. The monoisotopic (exact) mass is 539 g/mol. The third kappa shape index (κ3) is 3.74. The van der Waals surface area contributed by atoms with Gasteiger partial charge in [0.05, 0.1) is 16.9 Å². The zero-order valence-corrected chi connectivity index (χ0v) is 23.6. The summed E-state index contributed by atoms with van der Waals surface area (Å²) in [6.07, 6.45) is 0. The van der Waals surface area contributed by atoms with Crippen LogP contribution in [0.2, 0.25) is 0 Å². The van der Waals surface area contributed by atoms with Crippen molar-refractivity contribution in [3.8, 4) is 50.7 Å². The van der Waals surface area contributed by atoms with Crippen LogP contribution in [0.1, 0.15) is 25.1 Å². The number of hydrogen-bond donors (Lipinski definition) is 0. The van der Waals surface area contributed by atoms with Gasteiger partial charge in [-0.2, -0.15) is 0 Å².